The topological polar surface area (TPSA) is 92.2 Å². The second kappa shape index (κ2) is 4.31. The first kappa shape index (κ1) is 10.1. The van der Waals surface area contributed by atoms with Gasteiger partial charge in [-0.25, -0.2) is 9.97 Å². The zero-order valence-corrected chi connectivity index (χ0v) is 7.52. The Kier molecular flexibility index (Phi) is 3.11. The van der Waals surface area contributed by atoms with Gasteiger partial charge in [0.05, 0.1) is 11.3 Å². The van der Waals surface area contributed by atoms with Crippen molar-refractivity contribution in [2.75, 3.05) is 6.54 Å². The molecular weight excluding hydrogens is 186 g/mol. The molecule has 0 bridgehead atoms. The van der Waals surface area contributed by atoms with E-state index in [1.807, 2.05) is 0 Å². The zero-order chi connectivity index (χ0) is 10.6. The van der Waals surface area contributed by atoms with Gasteiger partial charge in [0, 0.05) is 6.20 Å². The Morgan fingerprint density at radius 3 is 2.86 bits per heavy atom. The van der Waals surface area contributed by atoms with Crippen LogP contribution in [0.3, 0.4) is 0 Å². The highest BCUT2D eigenvalue weighted by Crippen LogP contribution is 2.00. The quantitative estimate of drug-likeness (QED) is 0.684. The lowest BCUT2D eigenvalue weighted by atomic mass is 10.2. The molecule has 0 aliphatic heterocycles. The molecule has 0 aliphatic rings. The number of carbonyl (C=O) groups excluding carboxylic acids is 1. The Morgan fingerprint density at radius 1 is 1.57 bits per heavy atom. The molecule has 0 saturated heterocycles. The number of aryl methyl sites for hydroxylation is 1. The van der Waals surface area contributed by atoms with E-state index in [4.69, 9.17) is 5.11 Å². The second-order valence-electron chi connectivity index (χ2n) is 2.60. The molecule has 2 N–H and O–H groups in total. The molecule has 1 aromatic heterocycles. The van der Waals surface area contributed by atoms with E-state index in [2.05, 4.69) is 15.3 Å². The maximum atomic E-state index is 11.3. The summed E-state index contributed by atoms with van der Waals surface area (Å²) in [5.41, 5.74) is 0.802. The standard InChI is InChI=1S/C8H9N3O3/c1-5-6(2-9-4-11-5)8(14)10-3-7(12)13/h2,4H,3H2,1H3,(H,10,14)(H,12,13). The third-order valence-corrected chi connectivity index (χ3v) is 1.56. The van der Waals surface area contributed by atoms with Crippen molar-refractivity contribution in [2.24, 2.45) is 0 Å². The number of hydrogen-bond donors (Lipinski definition) is 2. The van der Waals surface area contributed by atoms with Crippen LogP contribution in [0, 0.1) is 6.92 Å². The van der Waals surface area contributed by atoms with Gasteiger partial charge in [-0.3, -0.25) is 9.59 Å². The fraction of sp³-hybridized carbons (Fsp3) is 0.250. The van der Waals surface area contributed by atoms with E-state index in [0.29, 0.717) is 5.69 Å². The van der Waals surface area contributed by atoms with Gasteiger partial charge in [-0.05, 0) is 6.92 Å². The first-order chi connectivity index (χ1) is 6.61. The molecule has 0 atom stereocenters. The fourth-order valence-electron chi connectivity index (χ4n) is 0.865. The third kappa shape index (κ3) is 2.51. The Morgan fingerprint density at radius 2 is 2.29 bits per heavy atom. The molecule has 0 spiro atoms. The molecule has 74 valence electrons. The van der Waals surface area contributed by atoms with Crippen molar-refractivity contribution in [3.05, 3.63) is 23.8 Å². The maximum absolute atomic E-state index is 11.3. The summed E-state index contributed by atoms with van der Waals surface area (Å²) in [6.07, 6.45) is 2.67. The van der Waals surface area contributed by atoms with Crippen LogP contribution >= 0.6 is 0 Å². The van der Waals surface area contributed by atoms with Crippen LogP contribution in [0.1, 0.15) is 16.1 Å². The van der Waals surface area contributed by atoms with Gasteiger partial charge in [-0.2, -0.15) is 0 Å². The number of nitrogens with one attached hydrogen (secondary N) is 1. The maximum Gasteiger partial charge on any atom is 0.322 e. The first-order valence-electron chi connectivity index (χ1n) is 3.88. The van der Waals surface area contributed by atoms with E-state index in [-0.39, 0.29) is 5.56 Å². The number of rotatable bonds is 3. The van der Waals surface area contributed by atoms with Crippen molar-refractivity contribution in [1.82, 2.24) is 15.3 Å². The summed E-state index contributed by atoms with van der Waals surface area (Å²) >= 11 is 0. The molecule has 0 radical (unpaired) electrons. The lowest BCUT2D eigenvalue weighted by Crippen LogP contribution is -2.30. The molecular formula is C8H9N3O3. The van der Waals surface area contributed by atoms with Crippen LogP contribution in [0.5, 0.6) is 0 Å². The van der Waals surface area contributed by atoms with Crippen molar-refractivity contribution in [3.8, 4) is 0 Å². The minimum atomic E-state index is -1.09. The molecule has 1 heterocycles. The molecule has 0 saturated carbocycles. The fourth-order valence-corrected chi connectivity index (χ4v) is 0.865. The van der Waals surface area contributed by atoms with Crippen LogP contribution in [0.4, 0.5) is 0 Å². The van der Waals surface area contributed by atoms with Crippen LogP contribution in [-0.4, -0.2) is 33.5 Å². The Bertz CT molecular complexity index is 365. The number of carbonyl (C=O) groups is 2. The lowest BCUT2D eigenvalue weighted by molar-refractivity contribution is -0.135. The smallest absolute Gasteiger partial charge is 0.322 e. The number of amides is 1. The number of carboxylic acid groups (broad SMARTS) is 1. The summed E-state index contributed by atoms with van der Waals surface area (Å²) in [5.74, 6) is -1.57. The lowest BCUT2D eigenvalue weighted by Gasteiger charge is -2.03. The van der Waals surface area contributed by atoms with Crippen LogP contribution < -0.4 is 5.32 Å². The van der Waals surface area contributed by atoms with Crippen LogP contribution in [0.2, 0.25) is 0 Å². The molecule has 0 aliphatic carbocycles. The van der Waals surface area contributed by atoms with Crippen molar-refractivity contribution in [3.63, 3.8) is 0 Å². The molecule has 0 fully saturated rings. The summed E-state index contributed by atoms with van der Waals surface area (Å²) < 4.78 is 0. The van der Waals surface area contributed by atoms with Gasteiger partial charge in [-0.15, -0.1) is 0 Å². The number of aromatic nitrogens is 2. The van der Waals surface area contributed by atoms with Crippen molar-refractivity contribution in [1.29, 1.82) is 0 Å². The highest BCUT2D eigenvalue weighted by molar-refractivity contribution is 5.96. The SMILES string of the molecule is Cc1ncncc1C(=O)NCC(=O)O. The molecule has 6 heteroatoms. The van der Waals surface area contributed by atoms with Gasteiger partial charge in [0.25, 0.3) is 5.91 Å². The molecule has 1 rings (SSSR count). The molecule has 6 nitrogen and oxygen atoms in total. The van der Waals surface area contributed by atoms with Crippen LogP contribution in [-0.2, 0) is 4.79 Å². The molecule has 14 heavy (non-hydrogen) atoms. The Balaban J connectivity index is 2.70. The molecule has 0 unspecified atom stereocenters. The highest BCUT2D eigenvalue weighted by atomic mass is 16.4. The summed E-state index contributed by atoms with van der Waals surface area (Å²) in [7, 11) is 0. The van der Waals surface area contributed by atoms with Gasteiger partial charge in [-0.1, -0.05) is 0 Å². The largest absolute Gasteiger partial charge is 0.480 e. The number of hydrogen-bond acceptors (Lipinski definition) is 4. The first-order valence-corrected chi connectivity index (χ1v) is 3.88. The van der Waals surface area contributed by atoms with Gasteiger partial charge >= 0.3 is 5.97 Å². The zero-order valence-electron chi connectivity index (χ0n) is 7.52. The van der Waals surface area contributed by atoms with Crippen molar-refractivity contribution < 1.29 is 14.7 Å². The van der Waals surface area contributed by atoms with E-state index in [1.165, 1.54) is 12.5 Å². The molecule has 1 aromatic rings. The normalized spacial score (nSPS) is 9.50. The Hall–Kier alpha value is -1.98. The minimum Gasteiger partial charge on any atom is -0.480 e. The predicted octanol–water partition coefficient (Wildman–Crippen LogP) is -0.401. The van der Waals surface area contributed by atoms with E-state index in [0.717, 1.165) is 0 Å². The van der Waals surface area contributed by atoms with Crippen molar-refractivity contribution >= 4 is 11.9 Å². The minimum absolute atomic E-state index is 0.286. The monoisotopic (exact) mass is 195 g/mol. The highest BCUT2D eigenvalue weighted by Gasteiger charge is 2.10. The Labute approximate surface area is 80.0 Å². The van der Waals surface area contributed by atoms with Crippen LogP contribution in [0.15, 0.2) is 12.5 Å². The summed E-state index contributed by atoms with van der Waals surface area (Å²) in [6, 6.07) is 0. The number of carboxylic acids is 1. The third-order valence-electron chi connectivity index (χ3n) is 1.56. The van der Waals surface area contributed by atoms with Crippen molar-refractivity contribution in [2.45, 2.75) is 6.92 Å². The summed E-state index contributed by atoms with van der Waals surface area (Å²) in [4.78, 5) is 29.0. The second-order valence-corrected chi connectivity index (χ2v) is 2.60. The van der Waals surface area contributed by atoms with E-state index >= 15 is 0 Å². The number of aliphatic carboxylic acids is 1. The predicted molar refractivity (Wildman–Crippen MR) is 46.7 cm³/mol. The molecule has 1 amide bonds. The molecule has 0 aromatic carbocycles. The number of nitrogens with zero attached hydrogens (tertiary/aromatic N) is 2. The van der Waals surface area contributed by atoms with E-state index in [1.54, 1.807) is 6.92 Å². The van der Waals surface area contributed by atoms with Gasteiger partial charge in [0.15, 0.2) is 0 Å². The van der Waals surface area contributed by atoms with Crippen LogP contribution in [0.25, 0.3) is 0 Å². The van der Waals surface area contributed by atoms with Gasteiger partial charge in [0.2, 0.25) is 0 Å². The average Bonchev–Trinajstić information content (AvgIpc) is 2.15. The van der Waals surface area contributed by atoms with Gasteiger partial charge in [0.1, 0.15) is 12.9 Å². The summed E-state index contributed by atoms with van der Waals surface area (Å²) in [6.45, 7) is 1.24. The van der Waals surface area contributed by atoms with E-state index < -0.39 is 18.4 Å². The van der Waals surface area contributed by atoms with E-state index in [9.17, 15) is 9.59 Å². The average molecular weight is 195 g/mol. The summed E-state index contributed by atoms with van der Waals surface area (Å²) in [5, 5.41) is 10.6. The van der Waals surface area contributed by atoms with Gasteiger partial charge < -0.3 is 10.4 Å².